The number of ketones is 1. The van der Waals surface area contributed by atoms with Crippen molar-refractivity contribution in [2.45, 2.75) is 13.0 Å². The van der Waals surface area contributed by atoms with E-state index in [1.54, 1.807) is 43.3 Å². The average Bonchev–Trinajstić information content (AvgIpc) is 2.57. The Morgan fingerprint density at radius 3 is 2.26 bits per heavy atom. The maximum absolute atomic E-state index is 12.5. The van der Waals surface area contributed by atoms with E-state index >= 15 is 0 Å². The van der Waals surface area contributed by atoms with Gasteiger partial charge in [0.25, 0.3) is 0 Å². The second-order valence-electron chi connectivity index (χ2n) is 5.22. The maximum Gasteiger partial charge on any atom is 0.202 e. The summed E-state index contributed by atoms with van der Waals surface area (Å²) in [5.74, 6) is 0.542. The third-order valence-electron chi connectivity index (χ3n) is 3.63. The van der Waals surface area contributed by atoms with Gasteiger partial charge < -0.3 is 4.74 Å². The van der Waals surface area contributed by atoms with Gasteiger partial charge in [-0.1, -0.05) is 47.5 Å². The van der Waals surface area contributed by atoms with Crippen LogP contribution in [0.4, 0.5) is 0 Å². The molecule has 116 valence electrons. The molecule has 1 atom stereocenters. The fraction of sp³-hybridized carbons (Fsp3) is 0.105. The van der Waals surface area contributed by atoms with Crippen LogP contribution in [0, 0.1) is 0 Å². The van der Waals surface area contributed by atoms with Gasteiger partial charge in [0.15, 0.2) is 6.10 Å². The van der Waals surface area contributed by atoms with Crippen LogP contribution >= 0.6 is 23.2 Å². The Balaban J connectivity index is 1.88. The Labute approximate surface area is 144 Å². The van der Waals surface area contributed by atoms with Crippen LogP contribution < -0.4 is 4.74 Å². The highest BCUT2D eigenvalue weighted by Gasteiger charge is 2.18. The van der Waals surface area contributed by atoms with Crippen LogP contribution in [0.1, 0.15) is 17.3 Å². The number of halogens is 2. The van der Waals surface area contributed by atoms with Crippen molar-refractivity contribution in [3.05, 3.63) is 76.3 Å². The Morgan fingerprint density at radius 1 is 0.913 bits per heavy atom. The molecule has 0 saturated carbocycles. The summed E-state index contributed by atoms with van der Waals surface area (Å²) in [6, 6.07) is 18.0. The van der Waals surface area contributed by atoms with E-state index in [0.717, 1.165) is 10.8 Å². The molecule has 0 aliphatic heterocycles. The zero-order chi connectivity index (χ0) is 16.4. The molecule has 0 fully saturated rings. The van der Waals surface area contributed by atoms with Gasteiger partial charge in [0, 0.05) is 26.4 Å². The quantitative estimate of drug-likeness (QED) is 0.559. The first-order chi connectivity index (χ1) is 11.1. The van der Waals surface area contributed by atoms with Crippen molar-refractivity contribution in [1.29, 1.82) is 0 Å². The van der Waals surface area contributed by atoms with Crippen LogP contribution in [0.5, 0.6) is 5.75 Å². The Kier molecular flexibility index (Phi) is 4.56. The summed E-state index contributed by atoms with van der Waals surface area (Å²) >= 11 is 12.1. The monoisotopic (exact) mass is 344 g/mol. The number of rotatable bonds is 4. The predicted molar refractivity (Wildman–Crippen MR) is 94.8 cm³/mol. The minimum atomic E-state index is -0.610. The largest absolute Gasteiger partial charge is 0.482 e. The summed E-state index contributed by atoms with van der Waals surface area (Å²) in [6.45, 7) is 1.74. The van der Waals surface area contributed by atoms with Gasteiger partial charge in [0.2, 0.25) is 5.78 Å². The Hall–Kier alpha value is -2.03. The summed E-state index contributed by atoms with van der Waals surface area (Å²) in [5, 5.41) is 3.04. The molecule has 1 unspecified atom stereocenters. The molecule has 0 radical (unpaired) electrons. The van der Waals surface area contributed by atoms with Gasteiger partial charge in [-0.05, 0) is 43.3 Å². The lowest BCUT2D eigenvalue weighted by molar-refractivity contribution is 0.0820. The molecule has 0 aromatic heterocycles. The first-order valence-corrected chi connectivity index (χ1v) is 7.95. The normalized spacial score (nSPS) is 12.1. The fourth-order valence-corrected chi connectivity index (χ4v) is 2.78. The second-order valence-corrected chi connectivity index (χ2v) is 6.07. The van der Waals surface area contributed by atoms with Gasteiger partial charge in [0.1, 0.15) is 5.75 Å². The molecule has 2 nitrogen and oxygen atoms in total. The van der Waals surface area contributed by atoms with Crippen molar-refractivity contribution < 1.29 is 9.53 Å². The number of hydrogen-bond donors (Lipinski definition) is 0. The van der Waals surface area contributed by atoms with E-state index in [1.807, 2.05) is 24.3 Å². The smallest absolute Gasteiger partial charge is 0.202 e. The third-order valence-corrected chi connectivity index (χ3v) is 4.21. The van der Waals surface area contributed by atoms with E-state index in [4.69, 9.17) is 27.9 Å². The van der Waals surface area contributed by atoms with Gasteiger partial charge in [-0.2, -0.15) is 0 Å². The van der Waals surface area contributed by atoms with E-state index in [0.29, 0.717) is 21.4 Å². The van der Waals surface area contributed by atoms with E-state index in [9.17, 15) is 4.79 Å². The van der Waals surface area contributed by atoms with Gasteiger partial charge in [-0.25, -0.2) is 0 Å². The molecule has 4 heteroatoms. The molecular weight excluding hydrogens is 331 g/mol. The molecule has 0 spiro atoms. The summed E-state index contributed by atoms with van der Waals surface area (Å²) in [6.07, 6.45) is -0.610. The van der Waals surface area contributed by atoms with Crippen molar-refractivity contribution >= 4 is 39.8 Å². The number of carbonyl (C=O) groups excluding carboxylic acids is 1. The lowest BCUT2D eigenvalue weighted by Gasteiger charge is -2.16. The molecule has 0 aliphatic carbocycles. The van der Waals surface area contributed by atoms with Crippen molar-refractivity contribution in [3.8, 4) is 5.75 Å². The molecule has 23 heavy (non-hydrogen) atoms. The molecule has 0 N–H and O–H groups in total. The van der Waals surface area contributed by atoms with E-state index in [1.165, 1.54) is 0 Å². The van der Waals surface area contributed by atoms with E-state index in [2.05, 4.69) is 0 Å². The molecule has 0 amide bonds. The molecule has 0 saturated heterocycles. The van der Waals surface area contributed by atoms with Crippen molar-refractivity contribution in [1.82, 2.24) is 0 Å². The van der Waals surface area contributed by atoms with Gasteiger partial charge in [-0.15, -0.1) is 0 Å². The molecule has 3 aromatic rings. The van der Waals surface area contributed by atoms with Crippen LogP contribution in [0.2, 0.25) is 10.0 Å². The average molecular weight is 345 g/mol. The molecular formula is C19H14Cl2O2. The minimum absolute atomic E-state index is 0.0966. The summed E-state index contributed by atoms with van der Waals surface area (Å²) in [4.78, 5) is 12.5. The summed E-state index contributed by atoms with van der Waals surface area (Å²) in [5.41, 5.74) is 0.570. The number of fused-ring (bicyclic) bond motifs is 1. The van der Waals surface area contributed by atoms with Gasteiger partial charge in [0.05, 0.1) is 0 Å². The van der Waals surface area contributed by atoms with Crippen LogP contribution in [0.25, 0.3) is 10.8 Å². The highest BCUT2D eigenvalue weighted by molar-refractivity contribution is 6.35. The van der Waals surface area contributed by atoms with Crippen molar-refractivity contribution in [2.24, 2.45) is 0 Å². The number of carbonyl (C=O) groups is 1. The van der Waals surface area contributed by atoms with E-state index < -0.39 is 6.10 Å². The van der Waals surface area contributed by atoms with E-state index in [-0.39, 0.29) is 5.78 Å². The Morgan fingerprint density at radius 2 is 1.57 bits per heavy atom. The molecule has 3 aromatic carbocycles. The molecule has 0 heterocycles. The van der Waals surface area contributed by atoms with Crippen LogP contribution in [0.3, 0.4) is 0 Å². The summed E-state index contributed by atoms with van der Waals surface area (Å²) < 4.78 is 5.89. The topological polar surface area (TPSA) is 26.3 Å². The predicted octanol–water partition coefficient (Wildman–Crippen LogP) is 5.80. The SMILES string of the molecule is CC(Oc1ccc(Cl)c2ccccc12)C(=O)c1ccc(Cl)cc1. The molecule has 0 bridgehead atoms. The zero-order valence-corrected chi connectivity index (χ0v) is 13.9. The molecule has 3 rings (SSSR count). The minimum Gasteiger partial charge on any atom is -0.482 e. The fourth-order valence-electron chi connectivity index (χ4n) is 2.43. The highest BCUT2D eigenvalue weighted by Crippen LogP contribution is 2.32. The van der Waals surface area contributed by atoms with Gasteiger partial charge in [-0.3, -0.25) is 4.79 Å². The standard InChI is InChI=1S/C19H14Cl2O2/c1-12(19(22)13-6-8-14(20)9-7-13)23-18-11-10-17(21)15-4-2-3-5-16(15)18/h2-12H,1H3. The lowest BCUT2D eigenvalue weighted by Crippen LogP contribution is -2.23. The second kappa shape index (κ2) is 6.61. The van der Waals surface area contributed by atoms with Crippen LogP contribution in [-0.4, -0.2) is 11.9 Å². The number of hydrogen-bond acceptors (Lipinski definition) is 2. The number of benzene rings is 3. The first-order valence-electron chi connectivity index (χ1n) is 7.20. The molecule has 0 aliphatic rings. The third kappa shape index (κ3) is 3.34. The first kappa shape index (κ1) is 15.9. The number of ether oxygens (including phenoxy) is 1. The van der Waals surface area contributed by atoms with Crippen molar-refractivity contribution in [2.75, 3.05) is 0 Å². The lowest BCUT2D eigenvalue weighted by atomic mass is 10.1. The number of Topliss-reactive ketones (excluding diaryl/α,β-unsaturated/α-hetero) is 1. The van der Waals surface area contributed by atoms with Gasteiger partial charge >= 0.3 is 0 Å². The Bertz CT molecular complexity index is 857. The zero-order valence-electron chi connectivity index (χ0n) is 12.4. The van der Waals surface area contributed by atoms with Crippen LogP contribution in [0.15, 0.2) is 60.7 Å². The van der Waals surface area contributed by atoms with Crippen LogP contribution in [-0.2, 0) is 0 Å². The van der Waals surface area contributed by atoms with Crippen molar-refractivity contribution in [3.63, 3.8) is 0 Å². The highest BCUT2D eigenvalue weighted by atomic mass is 35.5. The summed E-state index contributed by atoms with van der Waals surface area (Å²) in [7, 11) is 0. The maximum atomic E-state index is 12.5.